The Balaban J connectivity index is 2.21. The van der Waals surface area contributed by atoms with E-state index in [9.17, 15) is 4.79 Å². The molecule has 0 radical (unpaired) electrons. The lowest BCUT2D eigenvalue weighted by atomic mass is 10.1. The number of hydrogen-bond acceptors (Lipinski definition) is 3. The third-order valence-corrected chi connectivity index (χ3v) is 4.36. The van der Waals surface area contributed by atoms with Gasteiger partial charge in [0.15, 0.2) is 11.5 Å². The molecule has 0 spiro atoms. The van der Waals surface area contributed by atoms with Gasteiger partial charge >= 0.3 is 0 Å². The van der Waals surface area contributed by atoms with Crippen LogP contribution in [-0.4, -0.2) is 37.6 Å². The van der Waals surface area contributed by atoms with Crippen LogP contribution in [0.15, 0.2) is 55.1 Å². The molecule has 0 aliphatic carbocycles. The maximum absolute atomic E-state index is 13.0. The lowest BCUT2D eigenvalue weighted by Crippen LogP contribution is -2.33. The van der Waals surface area contributed by atoms with E-state index in [2.05, 4.69) is 18.7 Å². The molecule has 0 aromatic heterocycles. The standard InChI is InChI=1S/C22H26ClNO3/c1-4-12-24(13-11-17-9-7-6-8-10-17)22(25)18-15-19(23)21(27-14-5-2)20(16-18)26-3/h4,6-10,15-16H,1,5,11-14H2,2-3H3. The van der Waals surface area contributed by atoms with Gasteiger partial charge in [0.2, 0.25) is 0 Å². The third kappa shape index (κ3) is 5.76. The second kappa shape index (κ2) is 10.6. The third-order valence-electron chi connectivity index (χ3n) is 4.08. The van der Waals surface area contributed by atoms with Gasteiger partial charge in [0.1, 0.15) is 0 Å². The molecule has 0 aliphatic rings. The van der Waals surface area contributed by atoms with Crippen LogP contribution in [0.4, 0.5) is 0 Å². The quantitative estimate of drug-likeness (QED) is 0.538. The van der Waals surface area contributed by atoms with Crippen molar-refractivity contribution in [1.82, 2.24) is 4.90 Å². The first-order chi connectivity index (χ1) is 13.1. The average molecular weight is 388 g/mol. The number of benzene rings is 2. The second-order valence-electron chi connectivity index (χ2n) is 6.11. The Kier molecular flexibility index (Phi) is 8.21. The Morgan fingerprint density at radius 2 is 2.00 bits per heavy atom. The Labute approximate surface area is 166 Å². The van der Waals surface area contributed by atoms with Crippen molar-refractivity contribution in [3.8, 4) is 11.5 Å². The Morgan fingerprint density at radius 3 is 2.63 bits per heavy atom. The number of amides is 1. The predicted octanol–water partition coefficient (Wildman–Crippen LogP) is 5.01. The lowest BCUT2D eigenvalue weighted by Gasteiger charge is -2.22. The summed E-state index contributed by atoms with van der Waals surface area (Å²) in [5.41, 5.74) is 1.65. The van der Waals surface area contributed by atoms with E-state index in [0.29, 0.717) is 41.8 Å². The van der Waals surface area contributed by atoms with Gasteiger partial charge in [-0.25, -0.2) is 0 Å². The molecule has 4 nitrogen and oxygen atoms in total. The highest BCUT2D eigenvalue weighted by atomic mass is 35.5. The highest BCUT2D eigenvalue weighted by molar-refractivity contribution is 6.32. The SMILES string of the molecule is C=CCN(CCc1ccccc1)C(=O)c1cc(Cl)c(OCCC)c(OC)c1. The monoisotopic (exact) mass is 387 g/mol. The van der Waals surface area contributed by atoms with Crippen LogP contribution >= 0.6 is 11.6 Å². The van der Waals surface area contributed by atoms with Crippen molar-refractivity contribution >= 4 is 17.5 Å². The zero-order chi connectivity index (χ0) is 19.6. The van der Waals surface area contributed by atoms with Crippen LogP contribution in [0.25, 0.3) is 0 Å². The first kappa shape index (κ1) is 20.8. The molecule has 2 rings (SSSR count). The number of halogens is 1. The zero-order valence-corrected chi connectivity index (χ0v) is 16.7. The van der Waals surface area contributed by atoms with E-state index in [1.807, 2.05) is 25.1 Å². The van der Waals surface area contributed by atoms with Crippen molar-refractivity contribution in [2.24, 2.45) is 0 Å². The average Bonchev–Trinajstić information content (AvgIpc) is 2.69. The van der Waals surface area contributed by atoms with Crippen molar-refractivity contribution in [2.45, 2.75) is 19.8 Å². The summed E-state index contributed by atoms with van der Waals surface area (Å²) in [5.74, 6) is 0.811. The maximum Gasteiger partial charge on any atom is 0.254 e. The zero-order valence-electron chi connectivity index (χ0n) is 15.9. The molecule has 0 aliphatic heterocycles. The Hall–Kier alpha value is -2.46. The summed E-state index contributed by atoms with van der Waals surface area (Å²) in [5, 5.41) is 0.368. The van der Waals surface area contributed by atoms with Crippen LogP contribution in [-0.2, 0) is 6.42 Å². The van der Waals surface area contributed by atoms with E-state index in [-0.39, 0.29) is 5.91 Å². The first-order valence-corrected chi connectivity index (χ1v) is 9.42. The van der Waals surface area contributed by atoms with Gasteiger partial charge in [-0.15, -0.1) is 6.58 Å². The fourth-order valence-electron chi connectivity index (χ4n) is 2.71. The van der Waals surface area contributed by atoms with Gasteiger partial charge in [0, 0.05) is 18.7 Å². The summed E-state index contributed by atoms with van der Waals surface area (Å²) in [4.78, 5) is 14.8. The number of nitrogens with zero attached hydrogens (tertiary/aromatic N) is 1. The van der Waals surface area contributed by atoms with Crippen molar-refractivity contribution < 1.29 is 14.3 Å². The number of ether oxygens (including phenoxy) is 2. The van der Waals surface area contributed by atoms with Gasteiger partial charge in [0.25, 0.3) is 5.91 Å². The summed E-state index contributed by atoms with van der Waals surface area (Å²) < 4.78 is 11.0. The minimum absolute atomic E-state index is 0.118. The van der Waals surface area contributed by atoms with Crippen molar-refractivity contribution in [1.29, 1.82) is 0 Å². The fourth-order valence-corrected chi connectivity index (χ4v) is 2.98. The van der Waals surface area contributed by atoms with E-state index in [1.54, 1.807) is 23.1 Å². The molecule has 0 saturated heterocycles. The molecule has 0 atom stereocenters. The molecule has 5 heteroatoms. The number of carbonyl (C=O) groups is 1. The number of rotatable bonds is 10. The molecule has 1 amide bonds. The van der Waals surface area contributed by atoms with Crippen LogP contribution in [0, 0.1) is 0 Å². The molecule has 0 saturated carbocycles. The minimum Gasteiger partial charge on any atom is -0.493 e. The molecule has 144 valence electrons. The van der Waals surface area contributed by atoms with Gasteiger partial charge in [0.05, 0.1) is 18.7 Å². The summed E-state index contributed by atoms with van der Waals surface area (Å²) in [6.07, 6.45) is 3.34. The fraction of sp³-hybridized carbons (Fsp3) is 0.318. The molecule has 2 aromatic rings. The summed E-state index contributed by atoms with van der Waals surface area (Å²) >= 11 is 6.35. The first-order valence-electron chi connectivity index (χ1n) is 9.05. The van der Waals surface area contributed by atoms with E-state index >= 15 is 0 Å². The smallest absolute Gasteiger partial charge is 0.254 e. The molecule has 0 bridgehead atoms. The van der Waals surface area contributed by atoms with E-state index in [0.717, 1.165) is 12.8 Å². The van der Waals surface area contributed by atoms with Crippen LogP contribution < -0.4 is 9.47 Å². The van der Waals surface area contributed by atoms with Crippen LogP contribution in [0.2, 0.25) is 5.02 Å². The number of hydrogen-bond donors (Lipinski definition) is 0. The van der Waals surface area contributed by atoms with Crippen LogP contribution in [0.1, 0.15) is 29.3 Å². The Morgan fingerprint density at radius 1 is 1.26 bits per heavy atom. The van der Waals surface area contributed by atoms with Gasteiger partial charge in [-0.1, -0.05) is 54.9 Å². The molecule has 0 unspecified atom stereocenters. The molecule has 27 heavy (non-hydrogen) atoms. The molecule has 0 fully saturated rings. The van der Waals surface area contributed by atoms with Crippen molar-refractivity contribution in [3.63, 3.8) is 0 Å². The second-order valence-corrected chi connectivity index (χ2v) is 6.52. The largest absolute Gasteiger partial charge is 0.493 e. The topological polar surface area (TPSA) is 38.8 Å². The molecule has 0 N–H and O–H groups in total. The highest BCUT2D eigenvalue weighted by Gasteiger charge is 2.20. The van der Waals surface area contributed by atoms with Crippen LogP contribution in [0.3, 0.4) is 0 Å². The minimum atomic E-state index is -0.118. The van der Waals surface area contributed by atoms with Gasteiger partial charge in [-0.2, -0.15) is 0 Å². The lowest BCUT2D eigenvalue weighted by molar-refractivity contribution is 0.0775. The maximum atomic E-state index is 13.0. The van der Waals surface area contributed by atoms with Crippen LogP contribution in [0.5, 0.6) is 11.5 Å². The molecule has 0 heterocycles. The number of methoxy groups -OCH3 is 1. The number of carbonyl (C=O) groups excluding carboxylic acids is 1. The summed E-state index contributed by atoms with van der Waals surface area (Å²) in [7, 11) is 1.54. The summed E-state index contributed by atoms with van der Waals surface area (Å²) in [6, 6.07) is 13.4. The van der Waals surface area contributed by atoms with Gasteiger partial charge in [-0.3, -0.25) is 4.79 Å². The Bertz CT molecular complexity index is 762. The summed E-state index contributed by atoms with van der Waals surface area (Å²) in [6.45, 7) is 7.35. The van der Waals surface area contributed by atoms with Gasteiger partial charge < -0.3 is 14.4 Å². The molecular weight excluding hydrogens is 362 g/mol. The normalized spacial score (nSPS) is 10.3. The highest BCUT2D eigenvalue weighted by Crippen LogP contribution is 2.36. The van der Waals surface area contributed by atoms with Crippen molar-refractivity contribution in [2.75, 3.05) is 26.8 Å². The van der Waals surface area contributed by atoms with E-state index in [1.165, 1.54) is 12.7 Å². The van der Waals surface area contributed by atoms with E-state index < -0.39 is 0 Å². The molecular formula is C22H26ClNO3. The van der Waals surface area contributed by atoms with E-state index in [4.69, 9.17) is 21.1 Å². The molecule has 2 aromatic carbocycles. The predicted molar refractivity (Wildman–Crippen MR) is 110 cm³/mol. The van der Waals surface area contributed by atoms with Crippen molar-refractivity contribution in [3.05, 3.63) is 71.3 Å². The van der Waals surface area contributed by atoms with Gasteiger partial charge in [-0.05, 0) is 30.5 Å².